The number of hydrogen-bond acceptors (Lipinski definition) is 8. The van der Waals surface area contributed by atoms with E-state index in [9.17, 15) is 37.3 Å². The van der Waals surface area contributed by atoms with Crippen LogP contribution in [0.2, 0.25) is 0 Å². The van der Waals surface area contributed by atoms with Crippen LogP contribution in [0.15, 0.2) is 46.2 Å². The molecule has 0 saturated carbocycles. The van der Waals surface area contributed by atoms with Crippen molar-refractivity contribution < 1.29 is 37.3 Å². The number of rotatable bonds is 16. The minimum absolute atomic E-state index is 0.153. The minimum atomic E-state index is -4.10. The lowest BCUT2D eigenvalue weighted by Crippen LogP contribution is -2.40. The van der Waals surface area contributed by atoms with Gasteiger partial charge in [-0.05, 0) is 30.7 Å². The van der Waals surface area contributed by atoms with Crippen LogP contribution < -0.4 is 0 Å². The summed E-state index contributed by atoms with van der Waals surface area (Å²) in [7, 11) is -6.87. The Morgan fingerprint density at radius 2 is 1.05 bits per heavy atom. The molecule has 0 atom stereocenters. The number of benzene rings is 2. The lowest BCUT2D eigenvalue weighted by atomic mass is 10.1. The van der Waals surface area contributed by atoms with E-state index in [1.165, 1.54) is 30.3 Å². The van der Waals surface area contributed by atoms with Crippen LogP contribution in [0.1, 0.15) is 58.3 Å². The average Bonchev–Trinajstić information content (AvgIpc) is 2.85. The van der Waals surface area contributed by atoms with Gasteiger partial charge in [-0.25, -0.2) is 16.8 Å². The second-order valence-electron chi connectivity index (χ2n) is 9.01. The minimum Gasteiger partial charge on any atom is -0.504 e. The second kappa shape index (κ2) is 13.8. The van der Waals surface area contributed by atoms with Gasteiger partial charge in [0, 0.05) is 38.8 Å². The first-order chi connectivity index (χ1) is 17.4. The standard InChI is InChI=1S/C25H38N2O8S2/c1-3-4-5-6-7-8-9-10-15-27(37(34,35)21-12-14-23(29)25(31)19-21)17-16-26(2)36(32,33)20-11-13-22(28)24(30)18-20/h11-14,18-19,28-31H,3-10,15-17H2,1-2H3. The molecule has 0 radical (unpaired) electrons. The first kappa shape index (κ1) is 30.7. The predicted octanol–water partition coefficient (Wildman–Crippen LogP) is 3.96. The third-order valence-electron chi connectivity index (χ3n) is 6.17. The number of hydrogen-bond donors (Lipinski definition) is 4. The van der Waals surface area contributed by atoms with Crippen molar-refractivity contribution in [2.45, 2.75) is 68.1 Å². The van der Waals surface area contributed by atoms with Gasteiger partial charge >= 0.3 is 0 Å². The van der Waals surface area contributed by atoms with E-state index in [2.05, 4.69) is 6.92 Å². The SMILES string of the molecule is CCCCCCCCCCN(CCN(C)S(=O)(=O)c1ccc(O)c(O)c1)S(=O)(=O)c1ccc(O)c(O)c1. The zero-order valence-corrected chi connectivity index (χ0v) is 23.0. The fourth-order valence-corrected chi connectivity index (χ4v) is 6.48. The summed E-state index contributed by atoms with van der Waals surface area (Å²) in [5.74, 6) is -2.06. The molecule has 12 heteroatoms. The van der Waals surface area contributed by atoms with Crippen molar-refractivity contribution in [3.05, 3.63) is 36.4 Å². The Morgan fingerprint density at radius 3 is 1.54 bits per heavy atom. The molecule has 0 aromatic heterocycles. The Bertz CT molecular complexity index is 1230. The lowest BCUT2D eigenvalue weighted by Gasteiger charge is -2.25. The Labute approximate surface area is 219 Å². The van der Waals surface area contributed by atoms with Crippen molar-refractivity contribution in [2.24, 2.45) is 0 Å². The van der Waals surface area contributed by atoms with Crippen LogP contribution in [0.4, 0.5) is 0 Å². The summed E-state index contributed by atoms with van der Waals surface area (Å²) < 4.78 is 54.7. The maximum absolute atomic E-state index is 13.4. The molecule has 10 nitrogen and oxygen atoms in total. The number of phenolic OH excluding ortho intramolecular Hbond substituents is 4. The van der Waals surface area contributed by atoms with Gasteiger partial charge in [-0.1, -0.05) is 51.9 Å². The summed E-state index contributed by atoms with van der Waals surface area (Å²) in [5.41, 5.74) is 0. The van der Waals surface area contributed by atoms with Gasteiger partial charge in [0.1, 0.15) is 0 Å². The van der Waals surface area contributed by atoms with Gasteiger partial charge in [-0.15, -0.1) is 0 Å². The van der Waals surface area contributed by atoms with Crippen LogP contribution in [-0.4, -0.2) is 72.6 Å². The van der Waals surface area contributed by atoms with E-state index in [1.54, 1.807) is 0 Å². The molecule has 0 bridgehead atoms. The normalized spacial score (nSPS) is 12.4. The maximum Gasteiger partial charge on any atom is 0.243 e. The van der Waals surface area contributed by atoms with Crippen LogP contribution in [0.3, 0.4) is 0 Å². The summed E-state index contributed by atoms with van der Waals surface area (Å²) in [5, 5.41) is 38.5. The molecule has 2 aromatic rings. The highest BCUT2D eigenvalue weighted by Crippen LogP contribution is 2.30. The van der Waals surface area contributed by atoms with Gasteiger partial charge in [0.05, 0.1) is 9.79 Å². The third kappa shape index (κ3) is 8.49. The molecule has 0 aliphatic carbocycles. The van der Waals surface area contributed by atoms with E-state index in [1.807, 2.05) is 0 Å². The Kier molecular flexibility index (Phi) is 11.5. The zero-order valence-electron chi connectivity index (χ0n) is 21.4. The second-order valence-corrected chi connectivity index (χ2v) is 13.0. The molecule has 37 heavy (non-hydrogen) atoms. The first-order valence-electron chi connectivity index (χ1n) is 12.4. The fourth-order valence-electron chi connectivity index (χ4n) is 3.80. The predicted molar refractivity (Wildman–Crippen MR) is 141 cm³/mol. The molecule has 0 saturated heterocycles. The zero-order chi connectivity index (χ0) is 27.6. The molecule has 0 fully saturated rings. The van der Waals surface area contributed by atoms with E-state index < -0.39 is 43.0 Å². The van der Waals surface area contributed by atoms with E-state index in [0.29, 0.717) is 6.42 Å². The molecule has 0 aliphatic heterocycles. The van der Waals surface area contributed by atoms with Crippen LogP contribution >= 0.6 is 0 Å². The summed E-state index contributed by atoms with van der Waals surface area (Å²) in [6.45, 7) is 1.98. The smallest absolute Gasteiger partial charge is 0.243 e. The lowest BCUT2D eigenvalue weighted by molar-refractivity contribution is 0.359. The highest BCUT2D eigenvalue weighted by atomic mass is 32.2. The largest absolute Gasteiger partial charge is 0.504 e. The van der Waals surface area contributed by atoms with Crippen molar-refractivity contribution in [3.63, 3.8) is 0 Å². The molecule has 0 amide bonds. The van der Waals surface area contributed by atoms with E-state index >= 15 is 0 Å². The number of nitrogens with zero attached hydrogens (tertiary/aromatic N) is 2. The first-order valence-corrected chi connectivity index (χ1v) is 15.3. The van der Waals surface area contributed by atoms with Crippen molar-refractivity contribution in [1.82, 2.24) is 8.61 Å². The number of unbranched alkanes of at least 4 members (excludes halogenated alkanes) is 7. The molecule has 0 unspecified atom stereocenters. The molecular weight excluding hydrogens is 520 g/mol. The molecule has 0 heterocycles. The molecular formula is C25H38N2O8S2. The molecule has 2 aromatic carbocycles. The van der Waals surface area contributed by atoms with E-state index in [4.69, 9.17) is 0 Å². The topological polar surface area (TPSA) is 156 Å². The quantitative estimate of drug-likeness (QED) is 0.178. The monoisotopic (exact) mass is 558 g/mol. The highest BCUT2D eigenvalue weighted by Gasteiger charge is 2.28. The Hall–Kier alpha value is -2.54. The summed E-state index contributed by atoms with van der Waals surface area (Å²) >= 11 is 0. The van der Waals surface area contributed by atoms with Crippen molar-refractivity contribution in [2.75, 3.05) is 26.7 Å². The van der Waals surface area contributed by atoms with Crippen LogP contribution in [0.5, 0.6) is 23.0 Å². The van der Waals surface area contributed by atoms with Crippen LogP contribution in [0, 0.1) is 0 Å². The third-order valence-corrected chi connectivity index (χ3v) is 9.91. The molecule has 2 rings (SSSR count). The molecule has 0 spiro atoms. The summed E-state index contributed by atoms with van der Waals surface area (Å²) in [4.78, 5) is -0.456. The Balaban J connectivity index is 2.14. The van der Waals surface area contributed by atoms with Crippen LogP contribution in [-0.2, 0) is 20.0 Å². The summed E-state index contributed by atoms with van der Waals surface area (Å²) in [6, 6.07) is 6.37. The molecule has 208 valence electrons. The van der Waals surface area contributed by atoms with Gasteiger partial charge < -0.3 is 20.4 Å². The van der Waals surface area contributed by atoms with E-state index in [0.717, 1.165) is 66.7 Å². The van der Waals surface area contributed by atoms with Crippen molar-refractivity contribution >= 4 is 20.0 Å². The fraction of sp³-hybridized carbons (Fsp3) is 0.520. The van der Waals surface area contributed by atoms with Gasteiger partial charge in [0.15, 0.2) is 23.0 Å². The van der Waals surface area contributed by atoms with Crippen molar-refractivity contribution in [3.8, 4) is 23.0 Å². The molecule has 4 N–H and O–H groups in total. The number of aromatic hydroxyl groups is 4. The van der Waals surface area contributed by atoms with E-state index in [-0.39, 0.29) is 29.4 Å². The molecule has 0 aliphatic rings. The Morgan fingerprint density at radius 1 is 0.595 bits per heavy atom. The average molecular weight is 559 g/mol. The van der Waals surface area contributed by atoms with Crippen molar-refractivity contribution in [1.29, 1.82) is 0 Å². The number of sulfonamides is 2. The summed E-state index contributed by atoms with van der Waals surface area (Å²) in [6.07, 6.45) is 8.12. The van der Waals surface area contributed by atoms with Crippen LogP contribution in [0.25, 0.3) is 0 Å². The maximum atomic E-state index is 13.4. The number of likely N-dealkylation sites (N-methyl/N-ethyl adjacent to an activating group) is 1. The number of phenols is 4. The van der Waals surface area contributed by atoms with Gasteiger partial charge in [0.2, 0.25) is 20.0 Å². The van der Waals surface area contributed by atoms with Gasteiger partial charge in [-0.3, -0.25) is 0 Å². The van der Waals surface area contributed by atoms with Gasteiger partial charge in [0.25, 0.3) is 0 Å². The van der Waals surface area contributed by atoms with Gasteiger partial charge in [-0.2, -0.15) is 8.61 Å². The highest BCUT2D eigenvalue weighted by molar-refractivity contribution is 7.89.